The first kappa shape index (κ1) is 53.7. The molecule has 4 heteroatoms. The van der Waals surface area contributed by atoms with Crippen molar-refractivity contribution in [1.29, 1.82) is 0 Å². The largest absolute Gasteiger partial charge is 0.334 e. The monoisotopic (exact) mass is 1090 g/mol. The first-order valence-corrected chi connectivity index (χ1v) is 32.4. The van der Waals surface area contributed by atoms with Crippen LogP contribution < -0.4 is 31.1 Å². The molecule has 8 aliphatic rings. The Labute approximate surface area is 499 Å². The second kappa shape index (κ2) is 17.1. The Hall–Kier alpha value is -6.00. The highest BCUT2D eigenvalue weighted by molar-refractivity contribution is 7.00. The van der Waals surface area contributed by atoms with Crippen LogP contribution in [0.1, 0.15) is 223 Å². The first-order chi connectivity index (χ1) is 39.0. The predicted octanol–water partition coefficient (Wildman–Crippen LogP) is 18.8. The van der Waals surface area contributed by atoms with Crippen LogP contribution in [0.2, 0.25) is 0 Å². The molecule has 0 spiro atoms. The van der Waals surface area contributed by atoms with E-state index in [2.05, 4.69) is 247 Å². The van der Waals surface area contributed by atoms with E-state index in [0.29, 0.717) is 0 Å². The van der Waals surface area contributed by atoms with E-state index in [4.69, 9.17) is 0 Å². The Kier molecular flexibility index (Phi) is 11.1. The van der Waals surface area contributed by atoms with E-state index in [-0.39, 0.29) is 55.6 Å². The van der Waals surface area contributed by atoms with Gasteiger partial charge in [0, 0.05) is 50.9 Å². The van der Waals surface area contributed by atoms with Gasteiger partial charge in [0.05, 0.1) is 5.54 Å². The molecule has 3 aliphatic heterocycles. The molecule has 1 fully saturated rings. The van der Waals surface area contributed by atoms with E-state index in [1.54, 1.807) is 11.1 Å². The third-order valence-electron chi connectivity index (χ3n) is 23.5. The molecule has 426 valence electrons. The van der Waals surface area contributed by atoms with Crippen LogP contribution in [-0.4, -0.2) is 12.3 Å². The minimum atomic E-state index is -0.262. The fraction of sp³-hybridized carbons (Fsp3) is 0.468. The minimum Gasteiger partial charge on any atom is -0.334 e. The van der Waals surface area contributed by atoms with Gasteiger partial charge in [0.25, 0.3) is 6.71 Å². The summed E-state index contributed by atoms with van der Waals surface area (Å²) in [6.07, 6.45) is 13.8. The number of benzene rings is 7. The Morgan fingerprint density at radius 2 is 0.904 bits per heavy atom. The fourth-order valence-electron chi connectivity index (χ4n) is 18.8. The maximum Gasteiger partial charge on any atom is 0.252 e. The quantitative estimate of drug-likeness (QED) is 0.163. The molecule has 0 bridgehead atoms. The third-order valence-corrected chi connectivity index (χ3v) is 23.5. The summed E-state index contributed by atoms with van der Waals surface area (Å²) in [4.78, 5) is 8.54. The highest BCUT2D eigenvalue weighted by Crippen LogP contribution is 2.65. The van der Waals surface area contributed by atoms with Crippen molar-refractivity contribution in [2.24, 2.45) is 10.8 Å². The Morgan fingerprint density at radius 3 is 1.54 bits per heavy atom. The van der Waals surface area contributed by atoms with Gasteiger partial charge in [-0.3, -0.25) is 0 Å². The van der Waals surface area contributed by atoms with Crippen molar-refractivity contribution in [2.75, 3.05) is 14.7 Å². The number of nitrogens with zero attached hydrogens (tertiary/aromatic N) is 3. The van der Waals surface area contributed by atoms with Gasteiger partial charge < -0.3 is 14.7 Å². The van der Waals surface area contributed by atoms with Gasteiger partial charge in [0.15, 0.2) is 0 Å². The zero-order chi connectivity index (χ0) is 58.1. The number of anilines is 8. The van der Waals surface area contributed by atoms with Crippen LogP contribution in [0.15, 0.2) is 121 Å². The Morgan fingerprint density at radius 1 is 0.386 bits per heavy atom. The van der Waals surface area contributed by atoms with Crippen molar-refractivity contribution >= 4 is 68.6 Å². The summed E-state index contributed by atoms with van der Waals surface area (Å²) in [5.41, 5.74) is 31.7. The molecule has 15 rings (SSSR count). The van der Waals surface area contributed by atoms with Gasteiger partial charge in [-0.05, 0) is 241 Å². The molecule has 2 atom stereocenters. The average molecular weight is 1090 g/mol. The second-order valence-electron chi connectivity index (χ2n) is 33.5. The molecule has 0 amide bonds. The van der Waals surface area contributed by atoms with E-state index >= 15 is 0 Å². The van der Waals surface area contributed by atoms with Crippen molar-refractivity contribution in [3.05, 3.63) is 183 Å². The molecule has 83 heavy (non-hydrogen) atoms. The van der Waals surface area contributed by atoms with Crippen molar-refractivity contribution in [1.82, 2.24) is 0 Å². The van der Waals surface area contributed by atoms with Crippen molar-refractivity contribution in [3.8, 4) is 0 Å². The van der Waals surface area contributed by atoms with Gasteiger partial charge in [0.2, 0.25) is 0 Å². The summed E-state index contributed by atoms with van der Waals surface area (Å²) in [7, 11) is 0. The summed E-state index contributed by atoms with van der Waals surface area (Å²) < 4.78 is 0. The van der Waals surface area contributed by atoms with Gasteiger partial charge >= 0.3 is 0 Å². The lowest BCUT2D eigenvalue weighted by atomic mass is 9.33. The molecule has 0 aromatic heterocycles. The molecule has 7 aromatic carbocycles. The van der Waals surface area contributed by atoms with Crippen molar-refractivity contribution in [3.63, 3.8) is 0 Å². The molecule has 0 saturated heterocycles. The van der Waals surface area contributed by atoms with Gasteiger partial charge in [-0.2, -0.15) is 0 Å². The van der Waals surface area contributed by atoms with Gasteiger partial charge in [-0.15, -0.1) is 0 Å². The molecule has 0 N–H and O–H groups in total. The van der Waals surface area contributed by atoms with Gasteiger partial charge in [-0.25, -0.2) is 0 Å². The van der Waals surface area contributed by atoms with E-state index in [1.807, 2.05) is 0 Å². The van der Waals surface area contributed by atoms with Crippen LogP contribution >= 0.6 is 0 Å². The summed E-state index contributed by atoms with van der Waals surface area (Å²) in [5.74, 6) is 0. The Balaban J connectivity index is 1.09. The van der Waals surface area contributed by atoms with Crippen LogP contribution in [0, 0.1) is 10.8 Å². The van der Waals surface area contributed by atoms with Gasteiger partial charge in [-0.1, -0.05) is 183 Å². The summed E-state index contributed by atoms with van der Waals surface area (Å²) in [6, 6.07) is 51.2. The van der Waals surface area contributed by atoms with Crippen LogP contribution in [-0.2, 0) is 58.2 Å². The summed E-state index contributed by atoms with van der Waals surface area (Å²) in [6.45, 7) is 40.0. The summed E-state index contributed by atoms with van der Waals surface area (Å²) >= 11 is 0. The van der Waals surface area contributed by atoms with Crippen LogP contribution in [0.5, 0.6) is 0 Å². The first-order valence-electron chi connectivity index (χ1n) is 32.4. The molecular weight excluding hydrogens is 1000 g/mol. The zero-order valence-electron chi connectivity index (χ0n) is 53.5. The lowest BCUT2D eigenvalue weighted by Gasteiger charge is -2.53. The number of hydrogen-bond acceptors (Lipinski definition) is 3. The van der Waals surface area contributed by atoms with Crippen LogP contribution in [0.3, 0.4) is 0 Å². The van der Waals surface area contributed by atoms with E-state index in [9.17, 15) is 0 Å². The lowest BCUT2D eigenvalue weighted by Crippen LogP contribution is -2.62. The molecule has 0 radical (unpaired) electrons. The maximum absolute atomic E-state index is 2.92. The lowest BCUT2D eigenvalue weighted by molar-refractivity contribution is 0.215. The SMILES string of the molecule is CC1(C)Cc2ccc(N3c4cc5c(cc4B4c6cc7c(cc6N(c6ccc8c(c6)C(C)(C)CCC8(C)C)c6cc(N8c9ccc(C(C)(C)C)cc9C9(c%10ccccc%10)CCCCC89C)cc3c64)C(C)(C)CCC7(C)C)CC(C)(C)C5)cc2C1. The number of rotatable bonds is 4. The molecule has 5 aliphatic carbocycles. The highest BCUT2D eigenvalue weighted by atomic mass is 15.3. The highest BCUT2D eigenvalue weighted by Gasteiger charge is 2.62. The van der Waals surface area contributed by atoms with E-state index in [1.165, 1.54) is 150 Å². The minimum absolute atomic E-state index is 0.000274. The molecule has 7 aromatic rings. The van der Waals surface area contributed by atoms with E-state index < -0.39 is 0 Å². The molecule has 3 nitrogen and oxygen atoms in total. The van der Waals surface area contributed by atoms with Crippen LogP contribution in [0.25, 0.3) is 0 Å². The second-order valence-corrected chi connectivity index (χ2v) is 33.5. The smallest absolute Gasteiger partial charge is 0.252 e. The average Bonchev–Trinajstić information content (AvgIpc) is 1.84. The molecule has 2 unspecified atom stereocenters. The van der Waals surface area contributed by atoms with Crippen molar-refractivity contribution in [2.45, 2.75) is 226 Å². The molecule has 1 saturated carbocycles. The van der Waals surface area contributed by atoms with E-state index in [0.717, 1.165) is 38.5 Å². The van der Waals surface area contributed by atoms with Crippen molar-refractivity contribution < 1.29 is 0 Å². The maximum atomic E-state index is 2.92. The number of hydrogen-bond donors (Lipinski definition) is 0. The molecule has 3 heterocycles. The topological polar surface area (TPSA) is 9.72 Å². The summed E-state index contributed by atoms with van der Waals surface area (Å²) in [5, 5.41) is 0. The standard InChI is InChI=1S/C79H92BN3/c1-71(2,3)54-25-29-65-62(39-54)79(53-22-18-17-19-23-53)31-21-20-30-78(79,16)83(65)57-41-68-70-69(42-57)82(56-27-28-58-59(40-56)75(10,11)33-32-74(58,8)9)67-44-61-60(76(12,13)34-35-77(61,14)15)43-64(67)80(70)63-37-51-47-73(6,7)48-52(51)38-66(63)81(68)55-26-24-49-45-72(4,5)46-50(49)36-55/h17-19,22-29,36-44H,20-21,30-35,45-48H2,1-16H3. The normalized spacial score (nSPS) is 24.6. The van der Waals surface area contributed by atoms with Gasteiger partial charge in [0.1, 0.15) is 0 Å². The fourth-order valence-corrected chi connectivity index (χ4v) is 18.8. The Bertz CT molecular complexity index is 3910. The van der Waals surface area contributed by atoms with Crippen LogP contribution in [0.4, 0.5) is 45.5 Å². The zero-order valence-corrected chi connectivity index (χ0v) is 53.5. The number of fused-ring (bicyclic) bond motifs is 11. The third kappa shape index (κ3) is 7.67. The predicted molar refractivity (Wildman–Crippen MR) is 355 cm³/mol. The molecular formula is C79H92BN3.